The van der Waals surface area contributed by atoms with Crippen LogP contribution in [-0.4, -0.2) is 16.1 Å². The van der Waals surface area contributed by atoms with E-state index in [4.69, 9.17) is 9.52 Å². The molecule has 1 aromatic carbocycles. The number of carboxylic acids is 1. The number of nitrogens with zero attached hydrogens (tertiary/aromatic N) is 1. The average Bonchev–Trinajstić information content (AvgIpc) is 2.72. The number of aromatic nitrogens is 1. The zero-order valence-electron chi connectivity index (χ0n) is 9.65. The maximum Gasteiger partial charge on any atom is 0.374 e. The number of halogens is 3. The molecule has 0 bridgehead atoms. The highest BCUT2D eigenvalue weighted by molar-refractivity contribution is 9.10. The first kappa shape index (κ1) is 13.7. The van der Waals surface area contributed by atoms with Crippen LogP contribution in [0.5, 0.6) is 0 Å². The molecule has 4 nitrogen and oxygen atoms in total. The summed E-state index contributed by atoms with van der Waals surface area (Å²) < 4.78 is 31.0. The molecular formula is C12H8BrF2NO3. The van der Waals surface area contributed by atoms with Gasteiger partial charge in [0.1, 0.15) is 0 Å². The third-order valence-corrected chi connectivity index (χ3v) is 2.80. The number of rotatable bonds is 3. The topological polar surface area (TPSA) is 63.3 Å². The number of hydrogen-bond acceptors (Lipinski definition) is 3. The molecule has 0 aliphatic rings. The number of carboxylic acid groups (broad SMARTS) is 1. The Bertz CT molecular complexity index is 620. The highest BCUT2D eigenvalue weighted by atomic mass is 79.9. The molecule has 0 spiro atoms. The Balaban J connectivity index is 2.57. The minimum absolute atomic E-state index is 0.142. The summed E-state index contributed by atoms with van der Waals surface area (Å²) in [5.41, 5.74) is 0.430. The second-order valence-corrected chi connectivity index (χ2v) is 4.77. The summed E-state index contributed by atoms with van der Waals surface area (Å²) in [6, 6.07) is 5.09. The molecule has 100 valence electrons. The van der Waals surface area contributed by atoms with Gasteiger partial charge in [-0.05, 0) is 30.7 Å². The molecule has 1 aromatic heterocycles. The molecule has 0 radical (unpaired) electrons. The molecule has 0 aliphatic heterocycles. The summed E-state index contributed by atoms with van der Waals surface area (Å²) in [6.07, 6.45) is -3.00. The van der Waals surface area contributed by atoms with Gasteiger partial charge in [0.2, 0.25) is 11.7 Å². The van der Waals surface area contributed by atoms with E-state index < -0.39 is 23.8 Å². The van der Waals surface area contributed by atoms with Gasteiger partial charge in [0.05, 0.1) is 0 Å². The Labute approximate surface area is 115 Å². The Morgan fingerprint density at radius 1 is 1.42 bits per heavy atom. The van der Waals surface area contributed by atoms with Crippen molar-refractivity contribution in [3.05, 3.63) is 39.7 Å². The highest BCUT2D eigenvalue weighted by Crippen LogP contribution is 2.30. The van der Waals surface area contributed by atoms with E-state index in [9.17, 15) is 13.6 Å². The van der Waals surface area contributed by atoms with Gasteiger partial charge in [0.25, 0.3) is 6.43 Å². The molecule has 0 amide bonds. The summed E-state index contributed by atoms with van der Waals surface area (Å²) in [6.45, 7) is 1.81. The van der Waals surface area contributed by atoms with Crippen molar-refractivity contribution >= 4 is 21.9 Å². The monoisotopic (exact) mass is 331 g/mol. The Morgan fingerprint density at radius 3 is 2.58 bits per heavy atom. The van der Waals surface area contributed by atoms with Crippen LogP contribution >= 0.6 is 15.9 Å². The number of aryl methyl sites for hydroxylation is 1. The lowest BCUT2D eigenvalue weighted by Crippen LogP contribution is -1.99. The van der Waals surface area contributed by atoms with Gasteiger partial charge in [-0.3, -0.25) is 0 Å². The van der Waals surface area contributed by atoms with Gasteiger partial charge in [-0.1, -0.05) is 15.9 Å². The molecule has 1 N–H and O–H groups in total. The Morgan fingerprint density at radius 2 is 2.11 bits per heavy atom. The number of benzene rings is 1. The second-order valence-electron chi connectivity index (χ2n) is 3.86. The van der Waals surface area contributed by atoms with Gasteiger partial charge in [0.15, 0.2) is 5.69 Å². The van der Waals surface area contributed by atoms with Gasteiger partial charge >= 0.3 is 5.97 Å². The summed E-state index contributed by atoms with van der Waals surface area (Å²) in [4.78, 5) is 14.4. The van der Waals surface area contributed by atoms with Crippen molar-refractivity contribution in [1.82, 2.24) is 4.98 Å². The summed E-state index contributed by atoms with van der Waals surface area (Å²) in [5.74, 6) is -2.54. The normalized spacial score (nSPS) is 11.0. The van der Waals surface area contributed by atoms with Crippen molar-refractivity contribution in [2.75, 3.05) is 0 Å². The fourth-order valence-electron chi connectivity index (χ4n) is 1.62. The molecule has 0 atom stereocenters. The van der Waals surface area contributed by atoms with Crippen LogP contribution in [0.4, 0.5) is 8.78 Å². The number of alkyl halides is 2. The van der Waals surface area contributed by atoms with Crippen molar-refractivity contribution in [2.45, 2.75) is 13.3 Å². The molecule has 2 rings (SSSR count). The SMILES string of the molecule is Cc1cc(Br)cc(-c2nc(C(F)F)c(C(=O)O)o2)c1. The molecule has 0 aliphatic carbocycles. The van der Waals surface area contributed by atoms with E-state index in [2.05, 4.69) is 20.9 Å². The number of oxazole rings is 1. The standard InChI is InChI=1S/C12H8BrF2NO3/c1-5-2-6(4-7(13)3-5)11-16-8(10(14)15)9(19-11)12(17)18/h2-4,10H,1H3,(H,17,18). The summed E-state index contributed by atoms with van der Waals surface area (Å²) in [7, 11) is 0. The van der Waals surface area contributed by atoms with Crippen LogP contribution in [0.1, 0.15) is 28.2 Å². The first-order valence-corrected chi connectivity index (χ1v) is 5.97. The lowest BCUT2D eigenvalue weighted by molar-refractivity contribution is 0.0647. The quantitative estimate of drug-likeness (QED) is 0.921. The van der Waals surface area contributed by atoms with Crippen LogP contribution in [-0.2, 0) is 0 Å². The number of carbonyl (C=O) groups is 1. The van der Waals surface area contributed by atoms with Crippen molar-refractivity contribution in [1.29, 1.82) is 0 Å². The van der Waals surface area contributed by atoms with E-state index in [1.165, 1.54) is 0 Å². The van der Waals surface area contributed by atoms with Crippen molar-refractivity contribution in [3.63, 3.8) is 0 Å². The highest BCUT2D eigenvalue weighted by Gasteiger charge is 2.26. The molecule has 0 fully saturated rings. The van der Waals surface area contributed by atoms with Crippen molar-refractivity contribution in [2.24, 2.45) is 0 Å². The molecule has 0 saturated carbocycles. The average molecular weight is 332 g/mol. The minimum atomic E-state index is -3.00. The smallest absolute Gasteiger partial charge is 0.374 e. The van der Waals surface area contributed by atoms with Gasteiger partial charge in [0, 0.05) is 10.0 Å². The van der Waals surface area contributed by atoms with Crippen molar-refractivity contribution < 1.29 is 23.1 Å². The van der Waals surface area contributed by atoms with Crippen LogP contribution in [0.15, 0.2) is 27.1 Å². The molecule has 19 heavy (non-hydrogen) atoms. The van der Waals surface area contributed by atoms with Crippen LogP contribution in [0.3, 0.4) is 0 Å². The van der Waals surface area contributed by atoms with Gasteiger partial charge in [-0.2, -0.15) is 0 Å². The fraction of sp³-hybridized carbons (Fsp3) is 0.167. The molecule has 7 heteroatoms. The largest absolute Gasteiger partial charge is 0.475 e. The predicted octanol–water partition coefficient (Wildman–Crippen LogP) is 4.05. The van der Waals surface area contributed by atoms with E-state index in [1.54, 1.807) is 12.1 Å². The van der Waals surface area contributed by atoms with Crippen LogP contribution in [0, 0.1) is 6.92 Å². The Hall–Kier alpha value is -1.76. The fourth-order valence-corrected chi connectivity index (χ4v) is 2.22. The molecule has 2 aromatic rings. The van der Waals surface area contributed by atoms with Gasteiger partial charge in [-0.15, -0.1) is 0 Å². The second kappa shape index (κ2) is 5.08. The van der Waals surface area contributed by atoms with E-state index in [-0.39, 0.29) is 5.89 Å². The first-order valence-electron chi connectivity index (χ1n) is 5.18. The molecule has 0 saturated heterocycles. The first-order chi connectivity index (χ1) is 8.88. The van der Waals surface area contributed by atoms with Gasteiger partial charge < -0.3 is 9.52 Å². The van der Waals surface area contributed by atoms with Gasteiger partial charge in [-0.25, -0.2) is 18.6 Å². The molecular weight excluding hydrogens is 324 g/mol. The number of aromatic carboxylic acids is 1. The zero-order valence-corrected chi connectivity index (χ0v) is 11.2. The van der Waals surface area contributed by atoms with Crippen LogP contribution < -0.4 is 0 Å². The predicted molar refractivity (Wildman–Crippen MR) is 66.3 cm³/mol. The summed E-state index contributed by atoms with van der Waals surface area (Å²) in [5, 5.41) is 8.81. The zero-order chi connectivity index (χ0) is 14.2. The number of hydrogen-bond donors (Lipinski definition) is 1. The lowest BCUT2D eigenvalue weighted by Gasteiger charge is -1.99. The van der Waals surface area contributed by atoms with E-state index in [1.807, 2.05) is 13.0 Å². The maximum absolute atomic E-state index is 12.7. The third kappa shape index (κ3) is 2.81. The van der Waals surface area contributed by atoms with Crippen LogP contribution in [0.25, 0.3) is 11.5 Å². The summed E-state index contributed by atoms with van der Waals surface area (Å²) >= 11 is 3.26. The van der Waals surface area contributed by atoms with Crippen molar-refractivity contribution in [3.8, 4) is 11.5 Å². The van der Waals surface area contributed by atoms with E-state index in [0.29, 0.717) is 5.56 Å². The third-order valence-electron chi connectivity index (χ3n) is 2.34. The lowest BCUT2D eigenvalue weighted by atomic mass is 10.1. The van der Waals surface area contributed by atoms with E-state index in [0.717, 1.165) is 10.0 Å². The minimum Gasteiger partial charge on any atom is -0.475 e. The molecule has 1 heterocycles. The Kier molecular flexibility index (Phi) is 3.66. The maximum atomic E-state index is 12.7. The van der Waals surface area contributed by atoms with Crippen LogP contribution in [0.2, 0.25) is 0 Å². The molecule has 0 unspecified atom stereocenters. The van der Waals surface area contributed by atoms with E-state index >= 15 is 0 Å².